The van der Waals surface area contributed by atoms with Crippen LogP contribution in [0.1, 0.15) is 24.6 Å². The maximum Gasteiger partial charge on any atom is 0.159 e. The molecule has 1 saturated heterocycles. The Morgan fingerprint density at radius 2 is 1.77 bits per heavy atom. The number of hydrogen-bond donors (Lipinski definition) is 0. The highest BCUT2D eigenvalue weighted by atomic mass is 15.3. The SMILES string of the molecule is Cc1ccc(N2CCN(c3nnc(CC4=CC=NCC4)c4ccccc34)CC2C)cc1. The van der Waals surface area contributed by atoms with E-state index in [-0.39, 0.29) is 0 Å². The lowest BCUT2D eigenvalue weighted by molar-refractivity contribution is 0.546. The highest BCUT2D eigenvalue weighted by molar-refractivity contribution is 5.93. The number of aromatic nitrogens is 2. The predicted molar refractivity (Wildman–Crippen MR) is 130 cm³/mol. The van der Waals surface area contributed by atoms with Crippen molar-refractivity contribution in [1.29, 1.82) is 0 Å². The number of piperazine rings is 1. The van der Waals surface area contributed by atoms with Crippen molar-refractivity contribution in [3.63, 3.8) is 0 Å². The second-order valence-electron chi connectivity index (χ2n) is 8.65. The van der Waals surface area contributed by atoms with Crippen LogP contribution in [-0.4, -0.2) is 48.6 Å². The van der Waals surface area contributed by atoms with Crippen molar-refractivity contribution in [3.8, 4) is 0 Å². The number of benzene rings is 2. The Kier molecular flexibility index (Phi) is 5.41. The minimum atomic E-state index is 0.406. The molecule has 1 fully saturated rings. The van der Waals surface area contributed by atoms with E-state index >= 15 is 0 Å². The molecule has 0 N–H and O–H groups in total. The van der Waals surface area contributed by atoms with Crippen molar-refractivity contribution in [1.82, 2.24) is 10.2 Å². The van der Waals surface area contributed by atoms with Crippen molar-refractivity contribution < 1.29 is 0 Å². The van der Waals surface area contributed by atoms with Crippen LogP contribution >= 0.6 is 0 Å². The zero-order valence-electron chi connectivity index (χ0n) is 18.3. The number of nitrogens with zero attached hydrogens (tertiary/aromatic N) is 5. The number of aryl methyl sites for hydroxylation is 1. The van der Waals surface area contributed by atoms with Gasteiger partial charge >= 0.3 is 0 Å². The predicted octanol–water partition coefficient (Wildman–Crippen LogP) is 4.60. The molecular weight excluding hydrogens is 382 g/mol. The van der Waals surface area contributed by atoms with Crippen LogP contribution in [0.4, 0.5) is 11.5 Å². The summed E-state index contributed by atoms with van der Waals surface area (Å²) >= 11 is 0. The molecular formula is C26H29N5. The van der Waals surface area contributed by atoms with Gasteiger partial charge in [0.15, 0.2) is 5.82 Å². The van der Waals surface area contributed by atoms with Crippen LogP contribution in [0, 0.1) is 6.92 Å². The van der Waals surface area contributed by atoms with Crippen LogP contribution in [0.25, 0.3) is 10.8 Å². The molecule has 0 radical (unpaired) electrons. The van der Waals surface area contributed by atoms with E-state index < -0.39 is 0 Å². The molecule has 5 heteroatoms. The van der Waals surface area contributed by atoms with Crippen LogP contribution < -0.4 is 9.80 Å². The van der Waals surface area contributed by atoms with Gasteiger partial charge in [0, 0.05) is 61.3 Å². The van der Waals surface area contributed by atoms with E-state index in [1.807, 2.05) is 6.21 Å². The Labute approximate surface area is 184 Å². The lowest BCUT2D eigenvalue weighted by Crippen LogP contribution is -2.52. The summed E-state index contributed by atoms with van der Waals surface area (Å²) < 4.78 is 0. The third kappa shape index (κ3) is 4.05. The molecule has 0 bridgehead atoms. The Morgan fingerprint density at radius 3 is 2.52 bits per heavy atom. The van der Waals surface area contributed by atoms with Gasteiger partial charge in [-0.15, -0.1) is 5.10 Å². The number of aliphatic imine (C=N–C) groups is 1. The number of anilines is 2. The molecule has 0 saturated carbocycles. The van der Waals surface area contributed by atoms with Crippen LogP contribution in [0.5, 0.6) is 0 Å². The minimum absolute atomic E-state index is 0.406. The summed E-state index contributed by atoms with van der Waals surface area (Å²) in [5.41, 5.74) is 5.04. The Balaban J connectivity index is 1.40. The lowest BCUT2D eigenvalue weighted by Gasteiger charge is -2.42. The normalized spacial score (nSPS) is 19.0. The minimum Gasteiger partial charge on any atom is -0.365 e. The number of fused-ring (bicyclic) bond motifs is 1. The molecule has 1 atom stereocenters. The van der Waals surface area contributed by atoms with Crippen LogP contribution in [0.2, 0.25) is 0 Å². The summed E-state index contributed by atoms with van der Waals surface area (Å²) in [4.78, 5) is 9.20. The van der Waals surface area contributed by atoms with E-state index in [1.54, 1.807) is 0 Å². The van der Waals surface area contributed by atoms with Crippen LogP contribution in [0.15, 0.2) is 65.2 Å². The first-order valence-electron chi connectivity index (χ1n) is 11.2. The highest BCUT2D eigenvalue weighted by Gasteiger charge is 2.26. The van der Waals surface area contributed by atoms with E-state index in [0.717, 1.165) is 50.5 Å². The van der Waals surface area contributed by atoms with Crippen molar-refractivity contribution in [2.24, 2.45) is 4.99 Å². The van der Waals surface area contributed by atoms with E-state index in [4.69, 9.17) is 10.2 Å². The second kappa shape index (κ2) is 8.50. The van der Waals surface area contributed by atoms with Crippen molar-refractivity contribution in [3.05, 3.63) is 71.4 Å². The third-order valence-electron chi connectivity index (χ3n) is 6.41. The number of hydrogen-bond acceptors (Lipinski definition) is 5. The first-order chi connectivity index (χ1) is 15.2. The third-order valence-corrected chi connectivity index (χ3v) is 6.41. The van der Waals surface area contributed by atoms with Gasteiger partial charge in [0.05, 0.1) is 5.69 Å². The molecule has 0 spiro atoms. The van der Waals surface area contributed by atoms with Crippen molar-refractivity contribution in [2.75, 3.05) is 36.0 Å². The molecule has 1 aromatic heterocycles. The summed E-state index contributed by atoms with van der Waals surface area (Å²) in [5, 5.41) is 11.8. The fraction of sp³-hybridized carbons (Fsp3) is 0.346. The molecule has 5 rings (SSSR count). The van der Waals surface area contributed by atoms with Gasteiger partial charge in [-0.25, -0.2) is 0 Å². The van der Waals surface area contributed by atoms with E-state index in [1.165, 1.54) is 27.6 Å². The standard InChI is InChI=1S/C26H29N5/c1-19-7-9-22(10-8-19)31-16-15-30(18-20(31)2)26-24-6-4-3-5-23(24)25(28-29-26)17-21-11-13-27-14-12-21/h3-11,13,20H,12,14-18H2,1-2H3. The summed E-state index contributed by atoms with van der Waals surface area (Å²) in [6, 6.07) is 17.8. The fourth-order valence-electron chi connectivity index (χ4n) is 4.67. The summed E-state index contributed by atoms with van der Waals surface area (Å²) in [5.74, 6) is 1.01. The van der Waals surface area contributed by atoms with E-state index in [0.29, 0.717) is 6.04 Å². The monoisotopic (exact) mass is 411 g/mol. The highest BCUT2D eigenvalue weighted by Crippen LogP contribution is 2.30. The molecule has 1 unspecified atom stereocenters. The molecule has 0 amide bonds. The molecule has 5 nitrogen and oxygen atoms in total. The van der Waals surface area contributed by atoms with Gasteiger partial charge < -0.3 is 9.80 Å². The van der Waals surface area contributed by atoms with Gasteiger partial charge in [0.1, 0.15) is 0 Å². The zero-order valence-corrected chi connectivity index (χ0v) is 18.3. The Hall–Kier alpha value is -3.21. The maximum absolute atomic E-state index is 4.74. The maximum atomic E-state index is 4.74. The summed E-state index contributed by atoms with van der Waals surface area (Å²) in [6.07, 6.45) is 5.89. The zero-order chi connectivity index (χ0) is 21.2. The molecule has 3 heterocycles. The largest absolute Gasteiger partial charge is 0.365 e. The average Bonchev–Trinajstić information content (AvgIpc) is 2.81. The van der Waals surface area contributed by atoms with Crippen LogP contribution in [-0.2, 0) is 6.42 Å². The van der Waals surface area contributed by atoms with Crippen molar-refractivity contribution in [2.45, 2.75) is 32.7 Å². The summed E-state index contributed by atoms with van der Waals surface area (Å²) in [6.45, 7) is 8.17. The summed E-state index contributed by atoms with van der Waals surface area (Å²) in [7, 11) is 0. The molecule has 2 aromatic carbocycles. The molecule has 2 aliphatic rings. The first-order valence-corrected chi connectivity index (χ1v) is 11.2. The number of rotatable bonds is 4. The van der Waals surface area contributed by atoms with E-state index in [2.05, 4.69) is 83.2 Å². The average molecular weight is 412 g/mol. The van der Waals surface area contributed by atoms with Gasteiger partial charge in [0.25, 0.3) is 0 Å². The molecule has 31 heavy (non-hydrogen) atoms. The first kappa shape index (κ1) is 19.7. The Morgan fingerprint density at radius 1 is 0.968 bits per heavy atom. The molecule has 0 aliphatic carbocycles. The lowest BCUT2D eigenvalue weighted by atomic mass is 10.0. The van der Waals surface area contributed by atoms with Crippen molar-refractivity contribution >= 4 is 28.5 Å². The Bertz CT molecular complexity index is 1130. The van der Waals surface area contributed by atoms with Gasteiger partial charge in [-0.3, -0.25) is 4.99 Å². The van der Waals surface area contributed by atoms with Gasteiger partial charge in [-0.1, -0.05) is 47.5 Å². The molecule has 3 aromatic rings. The van der Waals surface area contributed by atoms with E-state index in [9.17, 15) is 0 Å². The van der Waals surface area contributed by atoms with Crippen LogP contribution in [0.3, 0.4) is 0 Å². The van der Waals surface area contributed by atoms with Gasteiger partial charge in [-0.05, 0) is 38.5 Å². The second-order valence-corrected chi connectivity index (χ2v) is 8.65. The quantitative estimate of drug-likeness (QED) is 0.630. The fourth-order valence-corrected chi connectivity index (χ4v) is 4.67. The number of dihydropyridines is 1. The smallest absolute Gasteiger partial charge is 0.159 e. The molecule has 158 valence electrons. The van der Waals surface area contributed by atoms with Gasteiger partial charge in [0.2, 0.25) is 0 Å². The number of allylic oxidation sites excluding steroid dienone is 1. The molecule has 2 aliphatic heterocycles. The van der Waals surface area contributed by atoms with Gasteiger partial charge in [-0.2, -0.15) is 5.10 Å². The topological polar surface area (TPSA) is 44.6 Å².